The number of nitrogen functional groups attached to an aromatic ring is 1. The molecule has 1 aromatic rings. The number of hydrogen-bond acceptors (Lipinski definition) is 6. The quantitative estimate of drug-likeness (QED) is 0.385. The van der Waals surface area contributed by atoms with Gasteiger partial charge >= 0.3 is 5.97 Å². The Balaban J connectivity index is 2.74. The molecule has 0 saturated carbocycles. The van der Waals surface area contributed by atoms with Crippen LogP contribution < -0.4 is 21.5 Å². The van der Waals surface area contributed by atoms with E-state index in [0.29, 0.717) is 36.5 Å². The fraction of sp³-hybridized carbons (Fsp3) is 0.385. The van der Waals surface area contributed by atoms with Crippen LogP contribution in [0.1, 0.15) is 23.2 Å². The summed E-state index contributed by atoms with van der Waals surface area (Å²) in [5.41, 5.74) is 12.3. The van der Waals surface area contributed by atoms with E-state index in [4.69, 9.17) is 16.2 Å². The van der Waals surface area contributed by atoms with Crippen molar-refractivity contribution in [2.24, 2.45) is 5.73 Å². The Bertz CT molecular complexity index is 503. The Morgan fingerprint density at radius 1 is 1.30 bits per heavy atom. The highest BCUT2D eigenvalue weighted by Gasteiger charge is 2.12. The number of primary amides is 1. The summed E-state index contributed by atoms with van der Waals surface area (Å²) in [6.07, 6.45) is 0.901. The van der Waals surface area contributed by atoms with Gasteiger partial charge in [0.15, 0.2) is 0 Å². The molecule has 0 aliphatic heterocycles. The van der Waals surface area contributed by atoms with Crippen LogP contribution in [0.2, 0.25) is 0 Å². The molecular weight excluding hydrogens is 262 g/mol. The molecule has 0 unspecified atom stereocenters. The van der Waals surface area contributed by atoms with Gasteiger partial charge in [-0.3, -0.25) is 9.59 Å². The third-order valence-electron chi connectivity index (χ3n) is 2.72. The molecule has 1 rings (SSSR count). The molecule has 110 valence electrons. The standard InChI is InChI=1S/C13H19N3O4/c1-19-10-7-8(13(15)18)6-9(14)12(10)16-5-3-4-11(17)20-2/h6-7,16H,3-5,14H2,1-2H3,(H2,15,18). The van der Waals surface area contributed by atoms with Crippen LogP contribution in [0.4, 0.5) is 11.4 Å². The lowest BCUT2D eigenvalue weighted by molar-refractivity contribution is -0.140. The maximum atomic E-state index is 11.1. The Hall–Kier alpha value is -2.44. The van der Waals surface area contributed by atoms with Crippen molar-refractivity contribution in [3.63, 3.8) is 0 Å². The molecule has 0 heterocycles. The van der Waals surface area contributed by atoms with Gasteiger partial charge in [-0.05, 0) is 18.6 Å². The zero-order valence-corrected chi connectivity index (χ0v) is 11.6. The van der Waals surface area contributed by atoms with Gasteiger partial charge in [-0.2, -0.15) is 0 Å². The summed E-state index contributed by atoms with van der Waals surface area (Å²) in [7, 11) is 2.82. The van der Waals surface area contributed by atoms with E-state index < -0.39 is 5.91 Å². The summed E-state index contributed by atoms with van der Waals surface area (Å²) in [5, 5.41) is 3.07. The number of nitrogens with one attached hydrogen (secondary N) is 1. The maximum absolute atomic E-state index is 11.1. The van der Waals surface area contributed by atoms with Crippen LogP contribution in [0.3, 0.4) is 0 Å². The van der Waals surface area contributed by atoms with Crippen molar-refractivity contribution in [1.29, 1.82) is 0 Å². The summed E-state index contributed by atoms with van der Waals surface area (Å²) in [6, 6.07) is 2.99. The first-order valence-electron chi connectivity index (χ1n) is 6.07. The van der Waals surface area contributed by atoms with Gasteiger partial charge in [0.1, 0.15) is 11.4 Å². The minimum Gasteiger partial charge on any atom is -0.494 e. The second-order valence-corrected chi connectivity index (χ2v) is 4.11. The first-order valence-corrected chi connectivity index (χ1v) is 6.07. The van der Waals surface area contributed by atoms with Gasteiger partial charge in [0.2, 0.25) is 5.91 Å². The number of rotatable bonds is 7. The number of benzene rings is 1. The number of carbonyl (C=O) groups is 2. The molecule has 7 heteroatoms. The van der Waals surface area contributed by atoms with Crippen LogP contribution >= 0.6 is 0 Å². The van der Waals surface area contributed by atoms with Gasteiger partial charge in [0, 0.05) is 18.5 Å². The molecule has 1 aromatic carbocycles. The molecule has 0 spiro atoms. The highest BCUT2D eigenvalue weighted by Crippen LogP contribution is 2.32. The fourth-order valence-corrected chi connectivity index (χ4v) is 1.68. The van der Waals surface area contributed by atoms with Crippen molar-refractivity contribution in [3.8, 4) is 5.75 Å². The van der Waals surface area contributed by atoms with Gasteiger partial charge in [0.05, 0.1) is 19.9 Å². The average molecular weight is 281 g/mol. The molecule has 0 aromatic heterocycles. The number of amides is 1. The zero-order valence-electron chi connectivity index (χ0n) is 11.6. The van der Waals surface area contributed by atoms with Crippen molar-refractivity contribution in [2.45, 2.75) is 12.8 Å². The van der Waals surface area contributed by atoms with E-state index in [0.717, 1.165) is 0 Å². The Morgan fingerprint density at radius 3 is 2.55 bits per heavy atom. The lowest BCUT2D eigenvalue weighted by atomic mass is 10.1. The van der Waals surface area contributed by atoms with E-state index in [1.54, 1.807) is 0 Å². The minimum atomic E-state index is -0.577. The van der Waals surface area contributed by atoms with E-state index in [1.807, 2.05) is 0 Å². The lowest BCUT2D eigenvalue weighted by Gasteiger charge is -2.14. The van der Waals surface area contributed by atoms with Crippen LogP contribution in [-0.2, 0) is 9.53 Å². The van der Waals surface area contributed by atoms with Crippen molar-refractivity contribution in [1.82, 2.24) is 0 Å². The second kappa shape index (κ2) is 7.22. The number of methoxy groups -OCH3 is 2. The van der Waals surface area contributed by atoms with Crippen LogP contribution in [-0.4, -0.2) is 32.6 Å². The molecule has 0 radical (unpaired) electrons. The number of hydrogen-bond donors (Lipinski definition) is 3. The van der Waals surface area contributed by atoms with Gasteiger partial charge in [-0.15, -0.1) is 0 Å². The van der Waals surface area contributed by atoms with Gasteiger partial charge < -0.3 is 26.3 Å². The van der Waals surface area contributed by atoms with Crippen molar-refractivity contribution >= 4 is 23.3 Å². The minimum absolute atomic E-state index is 0.268. The van der Waals surface area contributed by atoms with Crippen molar-refractivity contribution in [3.05, 3.63) is 17.7 Å². The van der Waals surface area contributed by atoms with E-state index in [1.165, 1.54) is 26.4 Å². The number of carbonyl (C=O) groups excluding carboxylic acids is 2. The first-order chi connectivity index (χ1) is 9.49. The molecule has 7 nitrogen and oxygen atoms in total. The molecule has 20 heavy (non-hydrogen) atoms. The summed E-state index contributed by atoms with van der Waals surface area (Å²) < 4.78 is 9.72. The summed E-state index contributed by atoms with van der Waals surface area (Å²) >= 11 is 0. The van der Waals surface area contributed by atoms with E-state index in [2.05, 4.69) is 10.1 Å². The highest BCUT2D eigenvalue weighted by molar-refractivity contribution is 5.96. The normalized spacial score (nSPS) is 9.90. The van der Waals surface area contributed by atoms with E-state index in [9.17, 15) is 9.59 Å². The molecule has 0 aliphatic carbocycles. The molecule has 0 atom stereocenters. The smallest absolute Gasteiger partial charge is 0.305 e. The topological polar surface area (TPSA) is 117 Å². The predicted molar refractivity (Wildman–Crippen MR) is 75.7 cm³/mol. The predicted octanol–water partition coefficient (Wildman–Crippen LogP) is 0.741. The molecule has 0 aliphatic rings. The average Bonchev–Trinajstić information content (AvgIpc) is 2.43. The summed E-state index contributed by atoms with van der Waals surface area (Å²) in [6.45, 7) is 0.519. The molecule has 0 fully saturated rings. The second-order valence-electron chi connectivity index (χ2n) is 4.11. The van der Waals surface area contributed by atoms with Gasteiger partial charge in [0.25, 0.3) is 0 Å². The largest absolute Gasteiger partial charge is 0.494 e. The van der Waals surface area contributed by atoms with Crippen LogP contribution in [0.25, 0.3) is 0 Å². The number of nitrogens with two attached hydrogens (primary N) is 2. The van der Waals surface area contributed by atoms with Crippen LogP contribution in [0.15, 0.2) is 12.1 Å². The summed E-state index contributed by atoms with van der Waals surface area (Å²) in [5.74, 6) is -0.417. The summed E-state index contributed by atoms with van der Waals surface area (Å²) in [4.78, 5) is 22.1. The van der Waals surface area contributed by atoms with E-state index in [-0.39, 0.29) is 11.5 Å². The highest BCUT2D eigenvalue weighted by atomic mass is 16.5. The molecule has 5 N–H and O–H groups in total. The third kappa shape index (κ3) is 4.04. The Morgan fingerprint density at radius 2 is 2.00 bits per heavy atom. The number of ether oxygens (including phenoxy) is 2. The maximum Gasteiger partial charge on any atom is 0.305 e. The number of esters is 1. The van der Waals surface area contributed by atoms with Gasteiger partial charge in [-0.1, -0.05) is 0 Å². The van der Waals surface area contributed by atoms with Crippen LogP contribution in [0, 0.1) is 0 Å². The molecule has 0 saturated heterocycles. The zero-order chi connectivity index (χ0) is 15.1. The Labute approximate surface area is 117 Å². The number of anilines is 2. The Kier molecular flexibility index (Phi) is 5.64. The van der Waals surface area contributed by atoms with Crippen molar-refractivity contribution in [2.75, 3.05) is 31.8 Å². The molecule has 0 bridgehead atoms. The first kappa shape index (κ1) is 15.6. The molecule has 1 amide bonds. The third-order valence-corrected chi connectivity index (χ3v) is 2.72. The lowest BCUT2D eigenvalue weighted by Crippen LogP contribution is -2.13. The fourth-order valence-electron chi connectivity index (χ4n) is 1.68. The van der Waals surface area contributed by atoms with E-state index >= 15 is 0 Å². The SMILES string of the molecule is COC(=O)CCCNc1c(N)cc(C(N)=O)cc1OC. The van der Waals surface area contributed by atoms with Gasteiger partial charge in [-0.25, -0.2) is 0 Å². The van der Waals surface area contributed by atoms with Crippen molar-refractivity contribution < 1.29 is 19.1 Å². The van der Waals surface area contributed by atoms with Crippen LogP contribution in [0.5, 0.6) is 5.75 Å². The molecular formula is C13H19N3O4. The monoisotopic (exact) mass is 281 g/mol.